The number of benzene rings is 2. The first kappa shape index (κ1) is 22.6. The van der Waals surface area contributed by atoms with Gasteiger partial charge in [-0.15, -0.1) is 0 Å². The summed E-state index contributed by atoms with van der Waals surface area (Å²) in [6.45, 7) is 3.34. The van der Waals surface area contributed by atoms with E-state index in [-0.39, 0.29) is 29.1 Å². The molecule has 3 heterocycles. The SMILES string of the molecule is CCOc1cc(/C=N\n2c(N)c(C(=O)NC[C@@H]3CCCO3)c3nc4ccccc4nc32)ccc1O. The first-order chi connectivity index (χ1) is 17.0. The van der Waals surface area contributed by atoms with E-state index in [1.54, 1.807) is 18.3 Å². The number of hydrogen-bond acceptors (Lipinski definition) is 8. The maximum Gasteiger partial charge on any atom is 0.257 e. The largest absolute Gasteiger partial charge is 0.504 e. The molecular formula is C25H26N6O4. The van der Waals surface area contributed by atoms with Gasteiger partial charge in [-0.2, -0.15) is 9.78 Å². The number of aromatic nitrogens is 3. The Bertz CT molecular complexity index is 1420. The Labute approximate surface area is 201 Å². The zero-order chi connectivity index (χ0) is 24.4. The van der Waals surface area contributed by atoms with Crippen molar-refractivity contribution < 1.29 is 19.4 Å². The molecule has 0 spiro atoms. The number of carbonyl (C=O) groups is 1. The van der Waals surface area contributed by atoms with Crippen LogP contribution in [0.25, 0.3) is 22.2 Å². The van der Waals surface area contributed by atoms with E-state index >= 15 is 0 Å². The molecule has 0 saturated carbocycles. The van der Waals surface area contributed by atoms with Crippen LogP contribution in [0.4, 0.5) is 5.82 Å². The molecule has 0 bridgehead atoms. The number of aromatic hydroxyl groups is 1. The van der Waals surface area contributed by atoms with E-state index < -0.39 is 0 Å². The summed E-state index contributed by atoms with van der Waals surface area (Å²) in [6, 6.07) is 12.3. The van der Waals surface area contributed by atoms with Crippen molar-refractivity contribution in [1.82, 2.24) is 20.0 Å². The minimum Gasteiger partial charge on any atom is -0.504 e. The summed E-state index contributed by atoms with van der Waals surface area (Å²) in [5, 5.41) is 17.4. The van der Waals surface area contributed by atoms with Crippen LogP contribution in [-0.2, 0) is 4.74 Å². The number of nitrogens with two attached hydrogens (primary N) is 1. The van der Waals surface area contributed by atoms with Gasteiger partial charge < -0.3 is 25.6 Å². The number of anilines is 1. The highest BCUT2D eigenvalue weighted by Gasteiger charge is 2.25. The number of phenolic OH excluding ortho intramolecular Hbond substituents is 1. The number of amides is 1. The Morgan fingerprint density at radius 3 is 2.86 bits per heavy atom. The van der Waals surface area contributed by atoms with Crippen molar-refractivity contribution in [3.63, 3.8) is 0 Å². The summed E-state index contributed by atoms with van der Waals surface area (Å²) < 4.78 is 12.5. The molecule has 0 unspecified atom stereocenters. The molecule has 35 heavy (non-hydrogen) atoms. The molecule has 10 heteroatoms. The number of carbonyl (C=O) groups excluding carboxylic acids is 1. The topological polar surface area (TPSA) is 137 Å². The number of ether oxygens (including phenoxy) is 2. The first-order valence-electron chi connectivity index (χ1n) is 11.5. The van der Waals surface area contributed by atoms with Gasteiger partial charge in [0.25, 0.3) is 5.91 Å². The molecule has 1 aliphatic rings. The van der Waals surface area contributed by atoms with Crippen LogP contribution in [0.5, 0.6) is 11.5 Å². The number of rotatable bonds is 7. The molecule has 0 radical (unpaired) electrons. The van der Waals surface area contributed by atoms with Gasteiger partial charge >= 0.3 is 0 Å². The predicted molar refractivity (Wildman–Crippen MR) is 133 cm³/mol. The minimum atomic E-state index is -0.357. The van der Waals surface area contributed by atoms with Gasteiger partial charge in [0.15, 0.2) is 17.1 Å². The zero-order valence-corrected chi connectivity index (χ0v) is 19.3. The van der Waals surface area contributed by atoms with Gasteiger partial charge in [0, 0.05) is 13.2 Å². The highest BCUT2D eigenvalue weighted by atomic mass is 16.5. The fraction of sp³-hybridized carbons (Fsp3) is 0.280. The van der Waals surface area contributed by atoms with Crippen LogP contribution in [0.2, 0.25) is 0 Å². The van der Waals surface area contributed by atoms with E-state index in [4.69, 9.17) is 15.2 Å². The average molecular weight is 475 g/mol. The van der Waals surface area contributed by atoms with Crippen molar-refractivity contribution in [2.75, 3.05) is 25.5 Å². The second kappa shape index (κ2) is 9.59. The Balaban J connectivity index is 1.56. The van der Waals surface area contributed by atoms with E-state index in [0.717, 1.165) is 12.8 Å². The molecule has 1 aliphatic heterocycles. The van der Waals surface area contributed by atoms with Crippen LogP contribution in [-0.4, -0.2) is 57.7 Å². The van der Waals surface area contributed by atoms with E-state index in [1.807, 2.05) is 31.2 Å². The molecule has 1 saturated heterocycles. The smallest absolute Gasteiger partial charge is 0.257 e. The lowest BCUT2D eigenvalue weighted by atomic mass is 10.2. The number of nitrogens with zero attached hydrogens (tertiary/aromatic N) is 4. The number of nitrogens with one attached hydrogen (secondary N) is 1. The molecule has 4 aromatic rings. The molecule has 0 aliphatic carbocycles. The van der Waals surface area contributed by atoms with E-state index in [0.29, 0.717) is 53.3 Å². The third-order valence-electron chi connectivity index (χ3n) is 5.82. The maximum atomic E-state index is 13.2. The number of fused-ring (bicyclic) bond motifs is 2. The number of hydrogen-bond donors (Lipinski definition) is 3. The Hall–Kier alpha value is -4.18. The fourth-order valence-electron chi connectivity index (χ4n) is 4.09. The van der Waals surface area contributed by atoms with Crippen LogP contribution in [0.3, 0.4) is 0 Å². The summed E-state index contributed by atoms with van der Waals surface area (Å²) >= 11 is 0. The lowest BCUT2D eigenvalue weighted by Gasteiger charge is -2.10. The Morgan fingerprint density at radius 2 is 2.11 bits per heavy atom. The van der Waals surface area contributed by atoms with Crippen LogP contribution >= 0.6 is 0 Å². The lowest BCUT2D eigenvalue weighted by Crippen LogP contribution is -2.32. The van der Waals surface area contributed by atoms with Gasteiger partial charge in [0.1, 0.15) is 16.9 Å². The van der Waals surface area contributed by atoms with Gasteiger partial charge in [-0.05, 0) is 55.7 Å². The standard InChI is InChI=1S/C25H26N6O4/c1-2-34-20-12-15(9-10-19(20)32)13-28-31-23(26)21(25(33)27-14-16-6-5-11-35-16)22-24(31)30-18-8-4-3-7-17(18)29-22/h3-4,7-10,12-13,16,32H,2,5-6,11,14,26H2,1H3,(H,27,33)/b28-13-/t16-/m0/s1. The van der Waals surface area contributed by atoms with Crippen LogP contribution in [0.1, 0.15) is 35.7 Å². The quantitative estimate of drug-likeness (QED) is 0.350. The maximum absolute atomic E-state index is 13.2. The summed E-state index contributed by atoms with van der Waals surface area (Å²) in [5.74, 6) is 0.157. The third kappa shape index (κ3) is 4.47. The summed E-state index contributed by atoms with van der Waals surface area (Å²) in [6.07, 6.45) is 3.44. The van der Waals surface area contributed by atoms with Crippen molar-refractivity contribution >= 4 is 40.1 Å². The van der Waals surface area contributed by atoms with Crippen LogP contribution in [0.15, 0.2) is 47.6 Å². The molecule has 5 rings (SSSR count). The predicted octanol–water partition coefficient (Wildman–Crippen LogP) is 3.06. The van der Waals surface area contributed by atoms with Crippen molar-refractivity contribution in [2.24, 2.45) is 5.10 Å². The molecule has 1 amide bonds. The molecule has 2 aromatic heterocycles. The van der Waals surface area contributed by atoms with Crippen LogP contribution in [0, 0.1) is 0 Å². The highest BCUT2D eigenvalue weighted by molar-refractivity contribution is 6.10. The Morgan fingerprint density at radius 1 is 1.31 bits per heavy atom. The summed E-state index contributed by atoms with van der Waals surface area (Å²) in [7, 11) is 0. The Kier molecular flexibility index (Phi) is 6.19. The van der Waals surface area contributed by atoms with E-state index in [9.17, 15) is 9.90 Å². The van der Waals surface area contributed by atoms with Gasteiger partial charge in [-0.3, -0.25) is 4.79 Å². The van der Waals surface area contributed by atoms with Gasteiger partial charge in [0.2, 0.25) is 0 Å². The van der Waals surface area contributed by atoms with Gasteiger partial charge in [0.05, 0.1) is 30.0 Å². The molecule has 4 N–H and O–H groups in total. The van der Waals surface area contributed by atoms with E-state index in [1.165, 1.54) is 10.7 Å². The van der Waals surface area contributed by atoms with Crippen LogP contribution < -0.4 is 15.8 Å². The normalized spacial score (nSPS) is 15.9. The summed E-state index contributed by atoms with van der Waals surface area (Å²) in [4.78, 5) is 22.6. The second-order valence-electron chi connectivity index (χ2n) is 8.21. The van der Waals surface area contributed by atoms with Crippen molar-refractivity contribution in [1.29, 1.82) is 0 Å². The number of nitrogen functional groups attached to an aromatic ring is 1. The average Bonchev–Trinajstić information content (AvgIpc) is 3.47. The van der Waals surface area contributed by atoms with Crippen molar-refractivity contribution in [3.05, 3.63) is 53.6 Å². The lowest BCUT2D eigenvalue weighted by molar-refractivity contribution is 0.0859. The number of phenols is 1. The zero-order valence-electron chi connectivity index (χ0n) is 19.3. The second-order valence-corrected chi connectivity index (χ2v) is 8.21. The molecule has 1 fully saturated rings. The van der Waals surface area contributed by atoms with Gasteiger partial charge in [-0.25, -0.2) is 9.97 Å². The first-order valence-corrected chi connectivity index (χ1v) is 11.5. The molecule has 10 nitrogen and oxygen atoms in total. The third-order valence-corrected chi connectivity index (χ3v) is 5.82. The number of para-hydroxylation sites is 2. The molecule has 1 atom stereocenters. The van der Waals surface area contributed by atoms with Crippen molar-refractivity contribution in [3.8, 4) is 11.5 Å². The summed E-state index contributed by atoms with van der Waals surface area (Å²) in [5.41, 5.74) is 9.36. The fourth-order valence-corrected chi connectivity index (χ4v) is 4.09. The monoisotopic (exact) mass is 474 g/mol. The molecule has 180 valence electrons. The minimum absolute atomic E-state index is 0.00695. The highest BCUT2D eigenvalue weighted by Crippen LogP contribution is 2.29. The van der Waals surface area contributed by atoms with Gasteiger partial charge in [-0.1, -0.05) is 12.1 Å². The molecule has 2 aromatic carbocycles. The molecular weight excluding hydrogens is 448 g/mol. The van der Waals surface area contributed by atoms with E-state index in [2.05, 4.69) is 20.4 Å². The van der Waals surface area contributed by atoms with Crippen molar-refractivity contribution in [2.45, 2.75) is 25.9 Å².